The summed E-state index contributed by atoms with van der Waals surface area (Å²) in [7, 11) is 0. The number of hydrogen-bond acceptors (Lipinski definition) is 4. The summed E-state index contributed by atoms with van der Waals surface area (Å²) in [5, 5.41) is 21.1. The van der Waals surface area contributed by atoms with E-state index in [1.807, 2.05) is 6.92 Å². The smallest absolute Gasteiger partial charge is 0.234 e. The number of thioether (sulfide) groups is 1. The Balaban J connectivity index is 2.43. The molecule has 0 saturated heterocycles. The largest absolute Gasteiger partial charge is 0.394 e. The first-order valence-corrected chi connectivity index (χ1v) is 6.99. The number of carbonyl (C=O) groups is 1. The lowest BCUT2D eigenvalue weighted by Crippen LogP contribution is -2.19. The van der Waals surface area contributed by atoms with E-state index >= 15 is 0 Å². The normalized spacial score (nSPS) is 12.2. The van der Waals surface area contributed by atoms with E-state index in [-0.39, 0.29) is 18.3 Å². The van der Waals surface area contributed by atoms with Gasteiger partial charge >= 0.3 is 0 Å². The molecule has 100 valence electrons. The van der Waals surface area contributed by atoms with E-state index in [0.717, 1.165) is 5.56 Å². The minimum absolute atomic E-state index is 0.157. The fourth-order valence-electron chi connectivity index (χ4n) is 1.27. The summed E-state index contributed by atoms with van der Waals surface area (Å²) >= 11 is 7.21. The van der Waals surface area contributed by atoms with Crippen LogP contribution in [-0.2, 0) is 4.79 Å². The first kappa shape index (κ1) is 15.3. The van der Waals surface area contributed by atoms with Crippen molar-refractivity contribution in [3.8, 4) is 0 Å². The molecule has 1 atom stereocenters. The van der Waals surface area contributed by atoms with Gasteiger partial charge in [-0.3, -0.25) is 4.79 Å². The van der Waals surface area contributed by atoms with Crippen LogP contribution in [0.2, 0.25) is 5.02 Å². The van der Waals surface area contributed by atoms with Crippen LogP contribution in [0.5, 0.6) is 0 Å². The summed E-state index contributed by atoms with van der Waals surface area (Å²) in [6.45, 7) is 1.54. The standard InChI is InChI=1S/C12H16ClNO3S/c1-8-10(13)3-2-4-11(8)14-12(17)7-18-6-9(16)5-15/h2-4,9,15-16H,5-7H2,1H3,(H,14,17). The lowest BCUT2D eigenvalue weighted by Gasteiger charge is -2.10. The van der Waals surface area contributed by atoms with E-state index in [9.17, 15) is 4.79 Å². The van der Waals surface area contributed by atoms with Crippen molar-refractivity contribution in [3.63, 3.8) is 0 Å². The van der Waals surface area contributed by atoms with Gasteiger partial charge in [0.25, 0.3) is 0 Å². The van der Waals surface area contributed by atoms with Crippen molar-refractivity contribution in [2.75, 3.05) is 23.4 Å². The Morgan fingerprint density at radius 2 is 2.28 bits per heavy atom. The second kappa shape index (κ2) is 7.63. The minimum atomic E-state index is -0.782. The Hall–Kier alpha value is -0.750. The molecule has 3 N–H and O–H groups in total. The van der Waals surface area contributed by atoms with Gasteiger partial charge in [0, 0.05) is 16.5 Å². The summed E-state index contributed by atoms with van der Waals surface area (Å²) in [5.41, 5.74) is 1.52. The summed E-state index contributed by atoms with van der Waals surface area (Å²) in [6, 6.07) is 5.32. The Kier molecular flexibility index (Phi) is 6.49. The van der Waals surface area contributed by atoms with Crippen molar-refractivity contribution in [1.82, 2.24) is 0 Å². The molecule has 0 spiro atoms. The van der Waals surface area contributed by atoms with Gasteiger partial charge in [-0.2, -0.15) is 0 Å². The Morgan fingerprint density at radius 1 is 1.56 bits per heavy atom. The number of carbonyl (C=O) groups excluding carboxylic acids is 1. The lowest BCUT2D eigenvalue weighted by atomic mass is 10.2. The van der Waals surface area contributed by atoms with E-state index in [1.54, 1.807) is 18.2 Å². The van der Waals surface area contributed by atoms with Crippen LogP contribution in [0.25, 0.3) is 0 Å². The molecule has 6 heteroatoms. The number of rotatable bonds is 6. The van der Waals surface area contributed by atoms with Gasteiger partial charge in [-0.15, -0.1) is 11.8 Å². The van der Waals surface area contributed by atoms with Crippen molar-refractivity contribution >= 4 is 35.0 Å². The molecule has 0 fully saturated rings. The molecule has 0 saturated carbocycles. The van der Waals surface area contributed by atoms with Crippen LogP contribution < -0.4 is 5.32 Å². The predicted molar refractivity (Wildman–Crippen MR) is 75.2 cm³/mol. The monoisotopic (exact) mass is 289 g/mol. The van der Waals surface area contributed by atoms with Crippen LogP contribution in [0.1, 0.15) is 5.56 Å². The number of aliphatic hydroxyl groups is 2. The maximum Gasteiger partial charge on any atom is 0.234 e. The van der Waals surface area contributed by atoms with Gasteiger partial charge in [0.1, 0.15) is 0 Å². The molecule has 1 unspecified atom stereocenters. The third kappa shape index (κ3) is 4.86. The molecule has 4 nitrogen and oxygen atoms in total. The zero-order valence-corrected chi connectivity index (χ0v) is 11.6. The topological polar surface area (TPSA) is 69.6 Å². The fourth-order valence-corrected chi connectivity index (χ4v) is 2.20. The molecule has 0 aromatic heterocycles. The Bertz CT molecular complexity index is 414. The molecule has 0 aliphatic rings. The van der Waals surface area contributed by atoms with E-state index < -0.39 is 6.10 Å². The average molecular weight is 290 g/mol. The van der Waals surface area contributed by atoms with Gasteiger partial charge in [-0.05, 0) is 24.6 Å². The van der Waals surface area contributed by atoms with E-state index in [1.165, 1.54) is 11.8 Å². The molecule has 1 rings (SSSR count). The molecule has 1 aromatic rings. The van der Waals surface area contributed by atoms with Gasteiger partial charge in [0.2, 0.25) is 5.91 Å². The van der Waals surface area contributed by atoms with Crippen LogP contribution in [0.15, 0.2) is 18.2 Å². The number of nitrogens with one attached hydrogen (secondary N) is 1. The van der Waals surface area contributed by atoms with Crippen LogP contribution in [0, 0.1) is 6.92 Å². The first-order chi connectivity index (χ1) is 8.54. The summed E-state index contributed by atoms with van der Waals surface area (Å²) in [5.74, 6) is 0.400. The minimum Gasteiger partial charge on any atom is -0.394 e. The van der Waals surface area contributed by atoms with Gasteiger partial charge in [-0.25, -0.2) is 0 Å². The van der Waals surface area contributed by atoms with E-state index in [0.29, 0.717) is 16.5 Å². The van der Waals surface area contributed by atoms with Gasteiger partial charge in [-0.1, -0.05) is 17.7 Å². The lowest BCUT2D eigenvalue weighted by molar-refractivity contribution is -0.113. The van der Waals surface area contributed by atoms with Crippen LogP contribution >= 0.6 is 23.4 Å². The summed E-state index contributed by atoms with van der Waals surface area (Å²) in [6.07, 6.45) is -0.782. The molecule has 18 heavy (non-hydrogen) atoms. The van der Waals surface area contributed by atoms with Crippen molar-refractivity contribution in [2.24, 2.45) is 0 Å². The SMILES string of the molecule is Cc1c(Cl)cccc1NC(=O)CSCC(O)CO. The molecule has 1 amide bonds. The first-order valence-electron chi connectivity index (χ1n) is 5.46. The molecule has 1 aromatic carbocycles. The number of aliphatic hydroxyl groups excluding tert-OH is 2. The summed E-state index contributed by atoms with van der Waals surface area (Å²) in [4.78, 5) is 11.6. The predicted octanol–water partition coefficient (Wildman–Crippen LogP) is 1.67. The third-order valence-electron chi connectivity index (χ3n) is 2.30. The molecular formula is C12H16ClNO3S. The highest BCUT2D eigenvalue weighted by Gasteiger charge is 2.08. The highest BCUT2D eigenvalue weighted by molar-refractivity contribution is 8.00. The molecule has 0 aliphatic heterocycles. The maximum atomic E-state index is 11.6. The van der Waals surface area contributed by atoms with Crippen molar-refractivity contribution < 1.29 is 15.0 Å². The number of anilines is 1. The Morgan fingerprint density at radius 3 is 2.94 bits per heavy atom. The molecule has 0 bridgehead atoms. The van der Waals surface area contributed by atoms with Crippen molar-refractivity contribution in [1.29, 1.82) is 0 Å². The van der Waals surface area contributed by atoms with E-state index in [4.69, 9.17) is 21.8 Å². The van der Waals surface area contributed by atoms with Gasteiger partial charge in [0.05, 0.1) is 18.5 Å². The molecule has 0 aliphatic carbocycles. The number of hydrogen-bond donors (Lipinski definition) is 3. The van der Waals surface area contributed by atoms with Crippen molar-refractivity contribution in [3.05, 3.63) is 28.8 Å². The quantitative estimate of drug-likeness (QED) is 0.745. The zero-order chi connectivity index (χ0) is 13.5. The second-order valence-corrected chi connectivity index (χ2v) is 5.25. The van der Waals surface area contributed by atoms with Crippen molar-refractivity contribution in [2.45, 2.75) is 13.0 Å². The highest BCUT2D eigenvalue weighted by atomic mass is 35.5. The molecule has 0 radical (unpaired) electrons. The fraction of sp³-hybridized carbons (Fsp3) is 0.417. The molecular weight excluding hydrogens is 274 g/mol. The highest BCUT2D eigenvalue weighted by Crippen LogP contribution is 2.23. The Labute approximate surface area is 115 Å². The number of benzene rings is 1. The van der Waals surface area contributed by atoms with E-state index in [2.05, 4.69) is 5.32 Å². The summed E-state index contributed by atoms with van der Waals surface area (Å²) < 4.78 is 0. The van der Waals surface area contributed by atoms with Crippen LogP contribution in [-0.4, -0.2) is 40.3 Å². The van der Waals surface area contributed by atoms with Crippen LogP contribution in [0.4, 0.5) is 5.69 Å². The van der Waals surface area contributed by atoms with Gasteiger partial charge < -0.3 is 15.5 Å². The number of amides is 1. The number of halogens is 1. The zero-order valence-electron chi connectivity index (χ0n) is 10.0. The van der Waals surface area contributed by atoms with Crippen LogP contribution in [0.3, 0.4) is 0 Å². The average Bonchev–Trinajstić information content (AvgIpc) is 2.34. The maximum absolute atomic E-state index is 11.6. The molecule has 0 heterocycles. The second-order valence-electron chi connectivity index (χ2n) is 3.81. The third-order valence-corrected chi connectivity index (χ3v) is 3.79. The van der Waals surface area contributed by atoms with Gasteiger partial charge in [0.15, 0.2) is 0 Å².